The van der Waals surface area contributed by atoms with Gasteiger partial charge in [0.2, 0.25) is 0 Å². The molecule has 0 saturated carbocycles. The summed E-state index contributed by atoms with van der Waals surface area (Å²) in [5.74, 6) is 0. The first kappa shape index (κ1) is 7.97. The van der Waals surface area contributed by atoms with E-state index in [4.69, 9.17) is 5.11 Å². The standard InChI is InChI=1S/C5H10N2O2/c1-2-6-5(9)7-3-4-8/h2,8H,1,3-4H2,(H2,6,7,9). The van der Waals surface area contributed by atoms with Gasteiger partial charge in [-0.1, -0.05) is 6.58 Å². The number of hydrogen-bond acceptors (Lipinski definition) is 2. The second-order valence-corrected chi connectivity index (χ2v) is 1.33. The van der Waals surface area contributed by atoms with E-state index in [2.05, 4.69) is 17.2 Å². The summed E-state index contributed by atoms with van der Waals surface area (Å²) < 4.78 is 0. The van der Waals surface area contributed by atoms with Gasteiger partial charge in [-0.15, -0.1) is 0 Å². The Morgan fingerprint density at radius 2 is 2.44 bits per heavy atom. The Bertz CT molecular complexity index is 103. The predicted octanol–water partition coefficient (Wildman–Crippen LogP) is -0.579. The number of nitrogens with one attached hydrogen (secondary N) is 2. The molecule has 0 aliphatic carbocycles. The summed E-state index contributed by atoms with van der Waals surface area (Å²) in [5.41, 5.74) is 0. The Morgan fingerprint density at radius 1 is 1.78 bits per heavy atom. The summed E-state index contributed by atoms with van der Waals surface area (Å²) in [5, 5.41) is 12.9. The van der Waals surface area contributed by atoms with Crippen LogP contribution in [0.3, 0.4) is 0 Å². The number of hydrogen-bond donors (Lipinski definition) is 3. The molecule has 0 spiro atoms. The van der Waals surface area contributed by atoms with Crippen LogP contribution in [0, 0.1) is 0 Å². The molecule has 9 heavy (non-hydrogen) atoms. The van der Waals surface area contributed by atoms with Crippen molar-refractivity contribution in [2.75, 3.05) is 13.2 Å². The molecule has 0 atom stereocenters. The van der Waals surface area contributed by atoms with E-state index in [1.165, 1.54) is 6.20 Å². The van der Waals surface area contributed by atoms with Crippen LogP contribution in [0.4, 0.5) is 4.79 Å². The molecule has 0 radical (unpaired) electrons. The summed E-state index contributed by atoms with van der Waals surface area (Å²) in [6.07, 6.45) is 1.27. The van der Waals surface area contributed by atoms with Gasteiger partial charge in [0.25, 0.3) is 0 Å². The van der Waals surface area contributed by atoms with Crippen molar-refractivity contribution in [1.82, 2.24) is 10.6 Å². The number of carbonyl (C=O) groups excluding carboxylic acids is 1. The molecule has 0 bridgehead atoms. The van der Waals surface area contributed by atoms with E-state index >= 15 is 0 Å². The van der Waals surface area contributed by atoms with Gasteiger partial charge in [-0.2, -0.15) is 0 Å². The van der Waals surface area contributed by atoms with Gasteiger partial charge in [0.05, 0.1) is 6.61 Å². The summed E-state index contributed by atoms with van der Waals surface area (Å²) in [6.45, 7) is 3.49. The molecule has 4 nitrogen and oxygen atoms in total. The number of rotatable bonds is 3. The second kappa shape index (κ2) is 5.11. The molecule has 0 unspecified atom stereocenters. The fraction of sp³-hybridized carbons (Fsp3) is 0.400. The third-order valence-corrected chi connectivity index (χ3v) is 0.631. The Morgan fingerprint density at radius 3 is 2.89 bits per heavy atom. The van der Waals surface area contributed by atoms with Gasteiger partial charge in [-0.3, -0.25) is 0 Å². The van der Waals surface area contributed by atoms with Crippen molar-refractivity contribution in [1.29, 1.82) is 0 Å². The van der Waals surface area contributed by atoms with E-state index in [0.717, 1.165) is 0 Å². The van der Waals surface area contributed by atoms with E-state index in [-0.39, 0.29) is 19.2 Å². The highest BCUT2D eigenvalue weighted by molar-refractivity contribution is 5.74. The third kappa shape index (κ3) is 4.83. The lowest BCUT2D eigenvalue weighted by atomic mass is 10.7. The number of urea groups is 1. The smallest absolute Gasteiger partial charge is 0.318 e. The number of amides is 2. The fourth-order valence-electron chi connectivity index (χ4n) is 0.313. The van der Waals surface area contributed by atoms with Gasteiger partial charge >= 0.3 is 6.03 Å². The van der Waals surface area contributed by atoms with Crippen molar-refractivity contribution in [3.8, 4) is 0 Å². The quantitative estimate of drug-likeness (QED) is 0.478. The lowest BCUT2D eigenvalue weighted by Crippen LogP contribution is -2.33. The van der Waals surface area contributed by atoms with Crippen molar-refractivity contribution in [3.05, 3.63) is 12.8 Å². The molecular formula is C5H10N2O2. The predicted molar refractivity (Wildman–Crippen MR) is 33.8 cm³/mol. The summed E-state index contributed by atoms with van der Waals surface area (Å²) >= 11 is 0. The van der Waals surface area contributed by atoms with Crippen molar-refractivity contribution in [2.45, 2.75) is 0 Å². The number of aliphatic hydroxyl groups excluding tert-OH is 1. The Labute approximate surface area is 53.6 Å². The van der Waals surface area contributed by atoms with Crippen LogP contribution in [-0.4, -0.2) is 24.3 Å². The zero-order valence-corrected chi connectivity index (χ0v) is 5.05. The SMILES string of the molecule is C=CNC(=O)NCCO. The van der Waals surface area contributed by atoms with Crippen molar-refractivity contribution in [2.24, 2.45) is 0 Å². The topological polar surface area (TPSA) is 61.4 Å². The van der Waals surface area contributed by atoms with Crippen molar-refractivity contribution in [3.63, 3.8) is 0 Å². The van der Waals surface area contributed by atoms with E-state index in [0.29, 0.717) is 0 Å². The average Bonchev–Trinajstić information content (AvgIpc) is 1.85. The van der Waals surface area contributed by atoms with Crippen LogP contribution in [-0.2, 0) is 0 Å². The first-order chi connectivity index (χ1) is 4.31. The Kier molecular flexibility index (Phi) is 4.53. The Hall–Kier alpha value is -1.03. The van der Waals surface area contributed by atoms with E-state index < -0.39 is 0 Å². The maximum absolute atomic E-state index is 10.4. The lowest BCUT2D eigenvalue weighted by Gasteiger charge is -1.99. The van der Waals surface area contributed by atoms with Gasteiger partial charge in [0.15, 0.2) is 0 Å². The van der Waals surface area contributed by atoms with Crippen molar-refractivity contribution >= 4 is 6.03 Å². The molecule has 4 heteroatoms. The summed E-state index contributed by atoms with van der Waals surface area (Å²) in [4.78, 5) is 10.4. The van der Waals surface area contributed by atoms with Crippen LogP contribution in [0.5, 0.6) is 0 Å². The fourth-order valence-corrected chi connectivity index (χ4v) is 0.313. The second-order valence-electron chi connectivity index (χ2n) is 1.33. The minimum atomic E-state index is -0.348. The highest BCUT2D eigenvalue weighted by atomic mass is 16.3. The van der Waals surface area contributed by atoms with E-state index in [1.807, 2.05) is 0 Å². The third-order valence-electron chi connectivity index (χ3n) is 0.631. The Balaban J connectivity index is 3.16. The van der Waals surface area contributed by atoms with Crippen LogP contribution in [0.15, 0.2) is 12.8 Å². The molecule has 2 amide bonds. The van der Waals surface area contributed by atoms with Gasteiger partial charge < -0.3 is 15.7 Å². The average molecular weight is 130 g/mol. The van der Waals surface area contributed by atoms with Crippen molar-refractivity contribution < 1.29 is 9.90 Å². The minimum absolute atomic E-state index is 0.0510. The largest absolute Gasteiger partial charge is 0.395 e. The van der Waals surface area contributed by atoms with Gasteiger partial charge in [-0.05, 0) is 6.20 Å². The number of carbonyl (C=O) groups is 1. The minimum Gasteiger partial charge on any atom is -0.395 e. The van der Waals surface area contributed by atoms with Crippen LogP contribution in [0.25, 0.3) is 0 Å². The molecule has 3 N–H and O–H groups in total. The first-order valence-electron chi connectivity index (χ1n) is 2.57. The van der Waals surface area contributed by atoms with Crippen LogP contribution in [0.2, 0.25) is 0 Å². The molecule has 0 saturated heterocycles. The molecule has 52 valence electrons. The van der Waals surface area contributed by atoms with Gasteiger partial charge in [-0.25, -0.2) is 4.79 Å². The maximum Gasteiger partial charge on any atom is 0.318 e. The molecule has 0 aromatic heterocycles. The molecule has 0 aromatic rings. The van der Waals surface area contributed by atoms with Gasteiger partial charge in [0, 0.05) is 6.54 Å². The molecule has 0 aliphatic heterocycles. The zero-order chi connectivity index (χ0) is 7.11. The van der Waals surface area contributed by atoms with E-state index in [1.54, 1.807) is 0 Å². The zero-order valence-electron chi connectivity index (χ0n) is 5.05. The normalized spacial score (nSPS) is 8.11. The lowest BCUT2D eigenvalue weighted by molar-refractivity contribution is 0.237. The van der Waals surface area contributed by atoms with Crippen LogP contribution >= 0.6 is 0 Å². The number of aliphatic hydroxyl groups is 1. The van der Waals surface area contributed by atoms with E-state index in [9.17, 15) is 4.79 Å². The van der Waals surface area contributed by atoms with Crippen LogP contribution in [0.1, 0.15) is 0 Å². The molecular weight excluding hydrogens is 120 g/mol. The maximum atomic E-state index is 10.4. The summed E-state index contributed by atoms with van der Waals surface area (Å²) in [7, 11) is 0. The first-order valence-corrected chi connectivity index (χ1v) is 2.57. The highest BCUT2D eigenvalue weighted by Crippen LogP contribution is 1.61. The molecule has 0 rings (SSSR count). The van der Waals surface area contributed by atoms with Crippen LogP contribution < -0.4 is 10.6 Å². The summed E-state index contributed by atoms with van der Waals surface area (Å²) in [6, 6.07) is -0.348. The molecule has 0 fully saturated rings. The monoisotopic (exact) mass is 130 g/mol. The van der Waals surface area contributed by atoms with Gasteiger partial charge in [0.1, 0.15) is 0 Å². The highest BCUT2D eigenvalue weighted by Gasteiger charge is 1.91. The molecule has 0 aromatic carbocycles. The molecule has 0 aliphatic rings. The molecule has 0 heterocycles.